The van der Waals surface area contributed by atoms with E-state index in [9.17, 15) is 9.59 Å². The fourth-order valence-corrected chi connectivity index (χ4v) is 2.48. The van der Waals surface area contributed by atoms with Crippen LogP contribution >= 0.6 is 0 Å². The number of rotatable bonds is 4. The normalized spacial score (nSPS) is 10.2. The van der Waals surface area contributed by atoms with Gasteiger partial charge in [0.1, 0.15) is 5.69 Å². The summed E-state index contributed by atoms with van der Waals surface area (Å²) < 4.78 is 0. The van der Waals surface area contributed by atoms with Crippen molar-refractivity contribution >= 4 is 23.2 Å². The molecule has 0 unspecified atom stereocenters. The van der Waals surface area contributed by atoms with Gasteiger partial charge >= 0.3 is 0 Å². The van der Waals surface area contributed by atoms with Gasteiger partial charge in [0.15, 0.2) is 0 Å². The number of nitrogens with zero attached hydrogens (tertiary/aromatic N) is 1. The van der Waals surface area contributed by atoms with Crippen molar-refractivity contribution in [3.8, 4) is 0 Å². The number of benzene rings is 2. The lowest BCUT2D eigenvalue weighted by Gasteiger charge is -2.11. The third-order valence-electron chi connectivity index (χ3n) is 3.90. The fraction of sp³-hybridized carbons (Fsp3) is 0.0952. The monoisotopic (exact) mass is 345 g/mol. The number of para-hydroxylation sites is 1. The molecule has 5 heteroatoms. The molecule has 2 N–H and O–H groups in total. The summed E-state index contributed by atoms with van der Waals surface area (Å²) in [5, 5.41) is 5.66. The number of pyridine rings is 1. The van der Waals surface area contributed by atoms with Crippen LogP contribution in [0.15, 0.2) is 66.7 Å². The van der Waals surface area contributed by atoms with Gasteiger partial charge in [0, 0.05) is 22.6 Å². The maximum Gasteiger partial charge on any atom is 0.274 e. The number of hydrogen-bond acceptors (Lipinski definition) is 3. The van der Waals surface area contributed by atoms with Gasteiger partial charge in [-0.25, -0.2) is 4.98 Å². The van der Waals surface area contributed by atoms with Crippen LogP contribution in [0.4, 0.5) is 11.4 Å². The zero-order chi connectivity index (χ0) is 18.5. The SMILES string of the molecule is Cc1cccc(C(=O)Nc2cc(C(=O)Nc3ccccc3)ccc2C)n1. The van der Waals surface area contributed by atoms with Crippen LogP contribution in [-0.4, -0.2) is 16.8 Å². The molecule has 2 amide bonds. The second kappa shape index (κ2) is 7.61. The Balaban J connectivity index is 1.79. The van der Waals surface area contributed by atoms with E-state index in [1.54, 1.807) is 30.3 Å². The largest absolute Gasteiger partial charge is 0.322 e. The van der Waals surface area contributed by atoms with Crippen molar-refractivity contribution in [1.82, 2.24) is 4.98 Å². The molecule has 3 aromatic rings. The molecule has 26 heavy (non-hydrogen) atoms. The van der Waals surface area contributed by atoms with Gasteiger partial charge in [-0.05, 0) is 55.8 Å². The minimum absolute atomic E-state index is 0.236. The van der Waals surface area contributed by atoms with Crippen molar-refractivity contribution in [3.63, 3.8) is 0 Å². The highest BCUT2D eigenvalue weighted by atomic mass is 16.2. The summed E-state index contributed by atoms with van der Waals surface area (Å²) in [5.74, 6) is -0.544. The lowest BCUT2D eigenvalue weighted by molar-refractivity contribution is 0.101. The molecule has 0 radical (unpaired) electrons. The fourth-order valence-electron chi connectivity index (χ4n) is 2.48. The summed E-state index contributed by atoms with van der Waals surface area (Å²) in [7, 11) is 0. The van der Waals surface area contributed by atoms with Crippen molar-refractivity contribution in [2.24, 2.45) is 0 Å². The number of hydrogen-bond donors (Lipinski definition) is 2. The molecule has 0 aliphatic carbocycles. The Hall–Kier alpha value is -3.47. The van der Waals surface area contributed by atoms with E-state index in [1.807, 2.05) is 50.2 Å². The average molecular weight is 345 g/mol. The van der Waals surface area contributed by atoms with Crippen LogP contribution in [0.1, 0.15) is 32.1 Å². The summed E-state index contributed by atoms with van der Waals surface area (Å²) in [6, 6.07) is 19.7. The van der Waals surface area contributed by atoms with Gasteiger partial charge in [-0.2, -0.15) is 0 Å². The van der Waals surface area contributed by atoms with Crippen molar-refractivity contribution in [2.75, 3.05) is 10.6 Å². The number of carbonyl (C=O) groups excluding carboxylic acids is 2. The van der Waals surface area contributed by atoms with Gasteiger partial charge in [0.2, 0.25) is 0 Å². The van der Waals surface area contributed by atoms with E-state index in [0.29, 0.717) is 22.6 Å². The molecular formula is C21H19N3O2. The highest BCUT2D eigenvalue weighted by Gasteiger charge is 2.12. The molecule has 3 rings (SSSR count). The molecule has 0 spiro atoms. The lowest BCUT2D eigenvalue weighted by Crippen LogP contribution is -2.16. The van der Waals surface area contributed by atoms with Crippen molar-refractivity contribution in [2.45, 2.75) is 13.8 Å². The Morgan fingerprint density at radius 2 is 1.58 bits per heavy atom. The zero-order valence-electron chi connectivity index (χ0n) is 14.6. The highest BCUT2D eigenvalue weighted by Crippen LogP contribution is 2.19. The lowest BCUT2D eigenvalue weighted by atomic mass is 10.1. The van der Waals surface area contributed by atoms with E-state index in [0.717, 1.165) is 11.3 Å². The van der Waals surface area contributed by atoms with Crippen LogP contribution in [0.25, 0.3) is 0 Å². The Morgan fingerprint density at radius 1 is 0.808 bits per heavy atom. The van der Waals surface area contributed by atoms with E-state index in [1.165, 1.54) is 0 Å². The number of carbonyl (C=O) groups is 2. The molecule has 0 fully saturated rings. The summed E-state index contributed by atoms with van der Waals surface area (Å²) in [6.45, 7) is 3.70. The van der Waals surface area contributed by atoms with Crippen molar-refractivity contribution < 1.29 is 9.59 Å². The summed E-state index contributed by atoms with van der Waals surface area (Å²) in [6.07, 6.45) is 0. The first kappa shape index (κ1) is 17.4. The maximum atomic E-state index is 12.4. The highest BCUT2D eigenvalue weighted by molar-refractivity contribution is 6.07. The molecule has 1 heterocycles. The molecule has 0 aliphatic rings. The number of aromatic nitrogens is 1. The minimum atomic E-state index is -0.308. The van der Waals surface area contributed by atoms with Gasteiger partial charge in [-0.3, -0.25) is 9.59 Å². The van der Waals surface area contributed by atoms with Gasteiger partial charge in [0.05, 0.1) is 0 Å². The van der Waals surface area contributed by atoms with Gasteiger partial charge in [0.25, 0.3) is 11.8 Å². The molecule has 0 saturated heterocycles. The van der Waals surface area contributed by atoms with E-state index < -0.39 is 0 Å². The van der Waals surface area contributed by atoms with Gasteiger partial charge in [-0.15, -0.1) is 0 Å². The topological polar surface area (TPSA) is 71.1 Å². The first-order valence-electron chi connectivity index (χ1n) is 8.25. The van der Waals surface area contributed by atoms with E-state index in [4.69, 9.17) is 0 Å². The second-order valence-corrected chi connectivity index (χ2v) is 5.97. The van der Waals surface area contributed by atoms with Crippen LogP contribution in [0.5, 0.6) is 0 Å². The molecule has 0 atom stereocenters. The molecule has 0 bridgehead atoms. The standard InChI is InChI=1S/C21H19N3O2/c1-14-11-12-16(20(25)23-17-8-4-3-5-9-17)13-19(14)24-21(26)18-10-6-7-15(2)22-18/h3-13H,1-2H3,(H,23,25)(H,24,26). The number of aryl methyl sites for hydroxylation is 2. The van der Waals surface area contributed by atoms with Crippen molar-refractivity contribution in [1.29, 1.82) is 0 Å². The number of amides is 2. The predicted octanol–water partition coefficient (Wildman–Crippen LogP) is 4.20. The van der Waals surface area contributed by atoms with Crippen molar-refractivity contribution in [3.05, 3.63) is 89.2 Å². The smallest absolute Gasteiger partial charge is 0.274 e. The Labute approximate surface area is 152 Å². The van der Waals surface area contributed by atoms with Gasteiger partial charge < -0.3 is 10.6 Å². The number of nitrogens with one attached hydrogen (secondary N) is 2. The minimum Gasteiger partial charge on any atom is -0.322 e. The quantitative estimate of drug-likeness (QED) is 0.744. The first-order valence-corrected chi connectivity index (χ1v) is 8.25. The molecule has 5 nitrogen and oxygen atoms in total. The Morgan fingerprint density at radius 3 is 2.31 bits per heavy atom. The molecule has 0 saturated carbocycles. The van der Waals surface area contributed by atoms with Gasteiger partial charge in [-0.1, -0.05) is 30.3 Å². The molecule has 130 valence electrons. The number of anilines is 2. The molecule has 0 aliphatic heterocycles. The molecule has 1 aromatic heterocycles. The third kappa shape index (κ3) is 4.13. The van der Waals surface area contributed by atoms with Crippen LogP contribution in [0, 0.1) is 13.8 Å². The summed E-state index contributed by atoms with van der Waals surface area (Å²) in [4.78, 5) is 29.1. The van der Waals surface area contributed by atoms with Crippen LogP contribution in [0.3, 0.4) is 0 Å². The Kier molecular flexibility index (Phi) is 5.08. The summed E-state index contributed by atoms with van der Waals surface area (Å²) >= 11 is 0. The van der Waals surface area contributed by atoms with E-state index in [2.05, 4.69) is 15.6 Å². The average Bonchev–Trinajstić information content (AvgIpc) is 2.64. The third-order valence-corrected chi connectivity index (χ3v) is 3.90. The van der Waals surface area contributed by atoms with E-state index in [-0.39, 0.29) is 11.8 Å². The van der Waals surface area contributed by atoms with Crippen LogP contribution in [-0.2, 0) is 0 Å². The van der Waals surface area contributed by atoms with Crippen LogP contribution in [0.2, 0.25) is 0 Å². The predicted molar refractivity (Wildman–Crippen MR) is 103 cm³/mol. The molecular weight excluding hydrogens is 326 g/mol. The second-order valence-electron chi connectivity index (χ2n) is 5.97. The first-order chi connectivity index (χ1) is 12.5. The zero-order valence-corrected chi connectivity index (χ0v) is 14.6. The summed E-state index contributed by atoms with van der Waals surface area (Å²) in [5.41, 5.74) is 3.73. The maximum absolute atomic E-state index is 12.4. The Bertz CT molecular complexity index is 952. The molecule has 2 aromatic carbocycles. The van der Waals surface area contributed by atoms with E-state index >= 15 is 0 Å². The van der Waals surface area contributed by atoms with Crippen LogP contribution < -0.4 is 10.6 Å².